The van der Waals surface area contributed by atoms with E-state index >= 15 is 0 Å². The molecule has 3 aromatic rings. The molecule has 0 spiro atoms. The Kier molecular flexibility index (Phi) is 2.52. The number of benzene rings is 1. The van der Waals surface area contributed by atoms with E-state index in [2.05, 4.69) is 36.1 Å². The molecule has 0 radical (unpaired) electrons. The predicted molar refractivity (Wildman–Crippen MR) is 75.2 cm³/mol. The van der Waals surface area contributed by atoms with Gasteiger partial charge in [0.25, 0.3) is 5.56 Å². The molecule has 0 unspecified atom stereocenters. The van der Waals surface area contributed by atoms with E-state index < -0.39 is 0 Å². The minimum absolute atomic E-state index is 0.104. The number of fused-ring (bicyclic) bond motifs is 1. The fraction of sp³-hybridized carbons (Fsp3) is 0.200. The van der Waals surface area contributed by atoms with Gasteiger partial charge >= 0.3 is 0 Å². The molecule has 0 aliphatic carbocycles. The number of nitrogens with one attached hydrogen (secondary N) is 1. The van der Waals surface area contributed by atoms with Crippen LogP contribution in [-0.2, 0) is 5.54 Å². The summed E-state index contributed by atoms with van der Waals surface area (Å²) in [4.78, 5) is 14.4. The van der Waals surface area contributed by atoms with E-state index in [0.717, 1.165) is 11.1 Å². The summed E-state index contributed by atoms with van der Waals surface area (Å²) in [5.41, 5.74) is 1.59. The van der Waals surface area contributed by atoms with Gasteiger partial charge in [0.2, 0.25) is 0 Å². The molecule has 1 N–H and O–H groups in total. The summed E-state index contributed by atoms with van der Waals surface area (Å²) in [6, 6.07) is 12.0. The molecule has 4 heteroatoms. The molecule has 1 aromatic carbocycles. The molecule has 3 rings (SSSR count). The Morgan fingerprint density at radius 3 is 2.63 bits per heavy atom. The van der Waals surface area contributed by atoms with Crippen LogP contribution in [0.25, 0.3) is 10.9 Å². The van der Waals surface area contributed by atoms with Gasteiger partial charge in [-0.2, -0.15) is 5.10 Å². The summed E-state index contributed by atoms with van der Waals surface area (Å²) in [5, 5.41) is 5.02. The molecule has 0 fully saturated rings. The molecule has 0 amide bonds. The highest BCUT2D eigenvalue weighted by Gasteiger charge is 2.25. The Morgan fingerprint density at radius 2 is 1.89 bits per heavy atom. The van der Waals surface area contributed by atoms with Gasteiger partial charge in [0, 0.05) is 6.20 Å². The zero-order chi connectivity index (χ0) is 13.5. The first-order valence-corrected chi connectivity index (χ1v) is 6.22. The number of hydrogen-bond donors (Lipinski definition) is 1. The Balaban J connectivity index is 2.25. The summed E-state index contributed by atoms with van der Waals surface area (Å²) in [5.74, 6) is 0. The van der Waals surface area contributed by atoms with Crippen molar-refractivity contribution in [2.24, 2.45) is 0 Å². The molecule has 2 aromatic heterocycles. The first-order chi connectivity index (χ1) is 9.10. The minimum atomic E-state index is -0.309. The zero-order valence-electron chi connectivity index (χ0n) is 10.9. The molecule has 0 bridgehead atoms. The fourth-order valence-corrected chi connectivity index (χ4v) is 2.38. The van der Waals surface area contributed by atoms with E-state index in [1.54, 1.807) is 12.4 Å². The molecule has 4 nitrogen and oxygen atoms in total. The SMILES string of the molecule is CC(C)(c1ccccc1)n1ncc2c(=O)[nH]ccc21. The monoisotopic (exact) mass is 253 g/mol. The van der Waals surface area contributed by atoms with E-state index in [-0.39, 0.29) is 11.1 Å². The molecule has 0 atom stereocenters. The van der Waals surface area contributed by atoms with Gasteiger partial charge in [-0.05, 0) is 25.5 Å². The summed E-state index contributed by atoms with van der Waals surface area (Å²) < 4.78 is 1.90. The number of aromatic amines is 1. The van der Waals surface area contributed by atoms with Crippen molar-refractivity contribution < 1.29 is 0 Å². The van der Waals surface area contributed by atoms with Crippen LogP contribution in [-0.4, -0.2) is 14.8 Å². The third kappa shape index (κ3) is 1.76. The van der Waals surface area contributed by atoms with Crippen molar-refractivity contribution in [2.45, 2.75) is 19.4 Å². The summed E-state index contributed by atoms with van der Waals surface area (Å²) >= 11 is 0. The second kappa shape index (κ2) is 4.09. The largest absolute Gasteiger partial charge is 0.328 e. The first kappa shape index (κ1) is 11.7. The van der Waals surface area contributed by atoms with E-state index in [1.807, 2.05) is 28.9 Å². The molecule has 2 heterocycles. The van der Waals surface area contributed by atoms with Gasteiger partial charge in [-0.1, -0.05) is 30.3 Å². The van der Waals surface area contributed by atoms with Crippen molar-refractivity contribution in [3.05, 3.63) is 64.7 Å². The van der Waals surface area contributed by atoms with E-state index in [4.69, 9.17) is 0 Å². The average Bonchev–Trinajstić information content (AvgIpc) is 2.86. The predicted octanol–water partition coefficient (Wildman–Crippen LogP) is 2.51. The average molecular weight is 253 g/mol. The Morgan fingerprint density at radius 1 is 1.16 bits per heavy atom. The highest BCUT2D eigenvalue weighted by atomic mass is 16.1. The number of nitrogens with zero attached hydrogens (tertiary/aromatic N) is 2. The van der Waals surface area contributed by atoms with E-state index in [1.165, 1.54) is 0 Å². The standard InChI is InChI=1S/C15H15N3O/c1-15(2,11-6-4-3-5-7-11)18-13-8-9-16-14(19)12(13)10-17-18/h3-10H,1-2H3,(H,16,19). The molecule has 0 saturated heterocycles. The summed E-state index contributed by atoms with van der Waals surface area (Å²) in [6.07, 6.45) is 3.28. The van der Waals surface area contributed by atoms with Gasteiger partial charge in [-0.3, -0.25) is 9.48 Å². The molecule has 19 heavy (non-hydrogen) atoms. The maximum Gasteiger partial charge on any atom is 0.259 e. The van der Waals surface area contributed by atoms with Crippen LogP contribution < -0.4 is 5.56 Å². The van der Waals surface area contributed by atoms with Crippen LogP contribution in [0.5, 0.6) is 0 Å². The van der Waals surface area contributed by atoms with Crippen molar-refractivity contribution >= 4 is 10.9 Å². The van der Waals surface area contributed by atoms with Crippen LogP contribution in [0.15, 0.2) is 53.6 Å². The van der Waals surface area contributed by atoms with Gasteiger partial charge in [0.15, 0.2) is 0 Å². The molecule has 96 valence electrons. The highest BCUT2D eigenvalue weighted by Crippen LogP contribution is 2.27. The maximum absolute atomic E-state index is 11.7. The Labute approximate surface area is 110 Å². The number of H-pyrrole nitrogens is 1. The van der Waals surface area contributed by atoms with Crippen LogP contribution >= 0.6 is 0 Å². The van der Waals surface area contributed by atoms with Gasteiger partial charge in [0.1, 0.15) is 0 Å². The van der Waals surface area contributed by atoms with Crippen LogP contribution in [0.4, 0.5) is 0 Å². The smallest absolute Gasteiger partial charge is 0.259 e. The lowest BCUT2D eigenvalue weighted by atomic mass is 9.94. The lowest BCUT2D eigenvalue weighted by molar-refractivity contribution is 0.404. The number of hydrogen-bond acceptors (Lipinski definition) is 2. The normalized spacial score (nSPS) is 11.9. The number of pyridine rings is 1. The van der Waals surface area contributed by atoms with Crippen LogP contribution in [0.1, 0.15) is 19.4 Å². The molecular formula is C15H15N3O. The minimum Gasteiger partial charge on any atom is -0.328 e. The third-order valence-electron chi connectivity index (χ3n) is 3.52. The van der Waals surface area contributed by atoms with E-state index in [9.17, 15) is 4.79 Å². The quantitative estimate of drug-likeness (QED) is 0.763. The van der Waals surface area contributed by atoms with Crippen molar-refractivity contribution in [3.63, 3.8) is 0 Å². The van der Waals surface area contributed by atoms with E-state index in [0.29, 0.717) is 5.39 Å². The number of rotatable bonds is 2. The molecule has 0 saturated carbocycles. The number of aromatic nitrogens is 3. The highest BCUT2D eigenvalue weighted by molar-refractivity contribution is 5.77. The summed E-state index contributed by atoms with van der Waals surface area (Å²) in [6.45, 7) is 4.19. The second-order valence-electron chi connectivity index (χ2n) is 5.09. The maximum atomic E-state index is 11.7. The van der Waals surface area contributed by atoms with Gasteiger partial charge in [-0.25, -0.2) is 0 Å². The summed E-state index contributed by atoms with van der Waals surface area (Å²) in [7, 11) is 0. The zero-order valence-corrected chi connectivity index (χ0v) is 10.9. The second-order valence-corrected chi connectivity index (χ2v) is 5.09. The van der Waals surface area contributed by atoms with Crippen molar-refractivity contribution in [2.75, 3.05) is 0 Å². The molecule has 0 aliphatic heterocycles. The fourth-order valence-electron chi connectivity index (χ4n) is 2.38. The lowest BCUT2D eigenvalue weighted by Gasteiger charge is -2.27. The van der Waals surface area contributed by atoms with Gasteiger partial charge in [-0.15, -0.1) is 0 Å². The topological polar surface area (TPSA) is 50.7 Å². The van der Waals surface area contributed by atoms with Crippen molar-refractivity contribution in [1.82, 2.24) is 14.8 Å². The van der Waals surface area contributed by atoms with Crippen LogP contribution in [0.2, 0.25) is 0 Å². The van der Waals surface area contributed by atoms with Crippen molar-refractivity contribution in [1.29, 1.82) is 0 Å². The Bertz CT molecular complexity index is 769. The molecule has 0 aliphatic rings. The van der Waals surface area contributed by atoms with Gasteiger partial charge in [0.05, 0.1) is 22.6 Å². The third-order valence-corrected chi connectivity index (χ3v) is 3.52. The van der Waals surface area contributed by atoms with Gasteiger partial charge < -0.3 is 4.98 Å². The first-order valence-electron chi connectivity index (χ1n) is 6.22. The van der Waals surface area contributed by atoms with Crippen LogP contribution in [0.3, 0.4) is 0 Å². The lowest BCUT2D eigenvalue weighted by Crippen LogP contribution is -2.28. The Hall–Kier alpha value is -2.36. The van der Waals surface area contributed by atoms with Crippen LogP contribution in [0, 0.1) is 0 Å². The molecular weight excluding hydrogens is 238 g/mol. The van der Waals surface area contributed by atoms with Crippen molar-refractivity contribution in [3.8, 4) is 0 Å².